The maximum Gasteiger partial charge on any atom is 0.187 e. The molecule has 6 heteroatoms. The van der Waals surface area contributed by atoms with E-state index in [1.807, 2.05) is 55.5 Å². The molecule has 0 saturated carbocycles. The Bertz CT molecular complexity index is 714. The Hall–Kier alpha value is -2.60. The van der Waals surface area contributed by atoms with Crippen molar-refractivity contribution >= 4 is 23.0 Å². The van der Waals surface area contributed by atoms with E-state index in [0.717, 1.165) is 28.3 Å². The van der Waals surface area contributed by atoms with Gasteiger partial charge < -0.3 is 14.8 Å². The van der Waals surface area contributed by atoms with Crippen LogP contribution in [0.25, 0.3) is 0 Å². The largest absolute Gasteiger partial charge is 0.497 e. The lowest BCUT2D eigenvalue weighted by atomic mass is 10.1. The standard InChI is InChI=1S/C18H21N3O2S/c1-13(15-5-4-6-17(11-15)23-3)20-21-18(24)19-12-14-7-9-16(22-2)10-8-14/h4-11H,12H2,1-3H3,(H2,19,21,24)/b20-13-. The molecule has 2 aromatic rings. The monoisotopic (exact) mass is 343 g/mol. The number of hydrazone groups is 1. The van der Waals surface area contributed by atoms with Gasteiger partial charge in [-0.15, -0.1) is 0 Å². The molecule has 0 aliphatic heterocycles. The van der Waals surface area contributed by atoms with Crippen LogP contribution >= 0.6 is 12.2 Å². The summed E-state index contributed by atoms with van der Waals surface area (Å²) in [7, 11) is 3.29. The number of nitrogens with zero attached hydrogens (tertiary/aromatic N) is 1. The fraction of sp³-hybridized carbons (Fsp3) is 0.222. The summed E-state index contributed by atoms with van der Waals surface area (Å²) in [5.74, 6) is 1.63. The molecule has 24 heavy (non-hydrogen) atoms. The molecule has 0 spiro atoms. The lowest BCUT2D eigenvalue weighted by Gasteiger charge is -2.09. The average Bonchev–Trinajstić information content (AvgIpc) is 2.64. The molecular formula is C18H21N3O2S. The normalized spacial score (nSPS) is 10.9. The summed E-state index contributed by atoms with van der Waals surface area (Å²) in [5.41, 5.74) is 5.75. The SMILES string of the molecule is COc1ccc(CNC(=S)N/N=C(/C)c2cccc(OC)c2)cc1. The van der Waals surface area contributed by atoms with Gasteiger partial charge in [0.25, 0.3) is 0 Å². The molecular weight excluding hydrogens is 322 g/mol. The second kappa shape index (κ2) is 8.88. The fourth-order valence-electron chi connectivity index (χ4n) is 2.01. The molecule has 5 nitrogen and oxygen atoms in total. The predicted molar refractivity (Wildman–Crippen MR) is 101 cm³/mol. The number of nitrogens with one attached hydrogen (secondary N) is 2. The summed E-state index contributed by atoms with van der Waals surface area (Å²) in [5, 5.41) is 7.88. The smallest absolute Gasteiger partial charge is 0.187 e. The van der Waals surface area contributed by atoms with E-state index in [2.05, 4.69) is 15.8 Å². The Balaban J connectivity index is 1.86. The second-order valence-corrected chi connectivity index (χ2v) is 5.48. The summed E-state index contributed by atoms with van der Waals surface area (Å²) >= 11 is 5.24. The van der Waals surface area contributed by atoms with Crippen molar-refractivity contribution in [2.45, 2.75) is 13.5 Å². The van der Waals surface area contributed by atoms with Crippen LogP contribution in [-0.4, -0.2) is 25.0 Å². The number of hydrogen-bond donors (Lipinski definition) is 2. The first-order valence-corrected chi connectivity index (χ1v) is 7.88. The molecule has 2 rings (SSSR count). The van der Waals surface area contributed by atoms with Crippen LogP contribution in [0.15, 0.2) is 53.6 Å². The summed E-state index contributed by atoms with van der Waals surface area (Å²) in [6, 6.07) is 15.5. The van der Waals surface area contributed by atoms with E-state index >= 15 is 0 Å². The molecule has 2 N–H and O–H groups in total. The van der Waals surface area contributed by atoms with Gasteiger partial charge in [-0.2, -0.15) is 5.10 Å². The topological polar surface area (TPSA) is 54.9 Å². The molecule has 0 atom stereocenters. The number of hydrogen-bond acceptors (Lipinski definition) is 4. The Morgan fingerprint density at radius 1 is 1.04 bits per heavy atom. The van der Waals surface area contributed by atoms with Crippen molar-refractivity contribution in [2.24, 2.45) is 5.10 Å². The highest BCUT2D eigenvalue weighted by Crippen LogP contribution is 2.13. The van der Waals surface area contributed by atoms with E-state index < -0.39 is 0 Å². The summed E-state index contributed by atoms with van der Waals surface area (Å²) in [6.07, 6.45) is 0. The van der Waals surface area contributed by atoms with Crippen molar-refractivity contribution in [1.29, 1.82) is 0 Å². The predicted octanol–water partition coefficient (Wildman–Crippen LogP) is 3.09. The minimum absolute atomic E-state index is 0.466. The summed E-state index contributed by atoms with van der Waals surface area (Å²) < 4.78 is 10.3. The number of methoxy groups -OCH3 is 2. The minimum atomic E-state index is 0.466. The van der Waals surface area contributed by atoms with Gasteiger partial charge in [-0.3, -0.25) is 5.43 Å². The average molecular weight is 343 g/mol. The summed E-state index contributed by atoms with van der Waals surface area (Å²) in [6.45, 7) is 2.53. The molecule has 0 aliphatic rings. The van der Waals surface area contributed by atoms with Crippen LogP contribution in [0.3, 0.4) is 0 Å². The van der Waals surface area contributed by atoms with E-state index in [-0.39, 0.29) is 0 Å². The van der Waals surface area contributed by atoms with Crippen molar-refractivity contribution < 1.29 is 9.47 Å². The number of thiocarbonyl (C=S) groups is 1. The lowest BCUT2D eigenvalue weighted by Crippen LogP contribution is -2.32. The highest BCUT2D eigenvalue weighted by molar-refractivity contribution is 7.80. The van der Waals surface area contributed by atoms with Gasteiger partial charge in [0.05, 0.1) is 19.9 Å². The van der Waals surface area contributed by atoms with Crippen LogP contribution in [0, 0.1) is 0 Å². The van der Waals surface area contributed by atoms with Gasteiger partial charge in [0, 0.05) is 12.1 Å². The molecule has 0 radical (unpaired) electrons. The van der Waals surface area contributed by atoms with Crippen LogP contribution in [-0.2, 0) is 6.54 Å². The minimum Gasteiger partial charge on any atom is -0.497 e. The van der Waals surface area contributed by atoms with Gasteiger partial charge in [-0.1, -0.05) is 24.3 Å². The number of benzene rings is 2. The van der Waals surface area contributed by atoms with Crippen molar-refractivity contribution in [2.75, 3.05) is 14.2 Å². The van der Waals surface area contributed by atoms with Crippen LogP contribution in [0.5, 0.6) is 11.5 Å². The first-order valence-electron chi connectivity index (χ1n) is 7.48. The molecule has 0 aliphatic carbocycles. The van der Waals surface area contributed by atoms with Gasteiger partial charge in [-0.05, 0) is 49.0 Å². The quantitative estimate of drug-likeness (QED) is 0.480. The van der Waals surface area contributed by atoms with E-state index in [9.17, 15) is 0 Å². The highest BCUT2D eigenvalue weighted by atomic mass is 32.1. The zero-order chi connectivity index (χ0) is 17.4. The van der Waals surface area contributed by atoms with Crippen LogP contribution in [0.2, 0.25) is 0 Å². The Kier molecular flexibility index (Phi) is 6.57. The van der Waals surface area contributed by atoms with Crippen molar-refractivity contribution in [3.05, 3.63) is 59.7 Å². The van der Waals surface area contributed by atoms with Crippen molar-refractivity contribution in [3.8, 4) is 11.5 Å². The van der Waals surface area contributed by atoms with E-state index in [0.29, 0.717) is 11.7 Å². The molecule has 126 valence electrons. The molecule has 0 saturated heterocycles. The Labute approximate surface area is 147 Å². The Morgan fingerprint density at radius 3 is 2.42 bits per heavy atom. The van der Waals surface area contributed by atoms with Gasteiger partial charge in [-0.25, -0.2) is 0 Å². The molecule has 0 heterocycles. The van der Waals surface area contributed by atoms with Crippen molar-refractivity contribution in [3.63, 3.8) is 0 Å². The van der Waals surface area contributed by atoms with E-state index in [1.54, 1.807) is 14.2 Å². The first-order chi connectivity index (χ1) is 11.6. The molecule has 0 unspecified atom stereocenters. The van der Waals surface area contributed by atoms with Crippen molar-refractivity contribution in [1.82, 2.24) is 10.7 Å². The van der Waals surface area contributed by atoms with E-state index in [1.165, 1.54) is 0 Å². The van der Waals surface area contributed by atoms with Gasteiger partial charge in [0.2, 0.25) is 0 Å². The highest BCUT2D eigenvalue weighted by Gasteiger charge is 2.01. The fourth-order valence-corrected chi connectivity index (χ4v) is 2.13. The Morgan fingerprint density at radius 2 is 1.75 bits per heavy atom. The molecule has 0 amide bonds. The third kappa shape index (κ3) is 5.24. The van der Waals surface area contributed by atoms with Crippen LogP contribution in [0.1, 0.15) is 18.1 Å². The maximum absolute atomic E-state index is 5.24. The zero-order valence-electron chi connectivity index (χ0n) is 14.0. The van der Waals surface area contributed by atoms with Gasteiger partial charge in [0.15, 0.2) is 5.11 Å². The van der Waals surface area contributed by atoms with E-state index in [4.69, 9.17) is 21.7 Å². The second-order valence-electron chi connectivity index (χ2n) is 5.07. The summed E-state index contributed by atoms with van der Waals surface area (Å²) in [4.78, 5) is 0. The lowest BCUT2D eigenvalue weighted by molar-refractivity contribution is 0.414. The van der Waals surface area contributed by atoms with Gasteiger partial charge >= 0.3 is 0 Å². The molecule has 0 bridgehead atoms. The van der Waals surface area contributed by atoms with Crippen LogP contribution < -0.4 is 20.2 Å². The molecule has 0 aromatic heterocycles. The maximum atomic E-state index is 5.24. The molecule has 0 fully saturated rings. The number of ether oxygens (including phenoxy) is 2. The third-order valence-corrected chi connectivity index (χ3v) is 3.66. The van der Waals surface area contributed by atoms with Gasteiger partial charge in [0.1, 0.15) is 11.5 Å². The molecule has 2 aromatic carbocycles. The third-order valence-electron chi connectivity index (χ3n) is 3.42. The zero-order valence-corrected chi connectivity index (χ0v) is 14.8. The number of rotatable bonds is 6. The van der Waals surface area contributed by atoms with Crippen LogP contribution in [0.4, 0.5) is 0 Å². The first kappa shape index (κ1) is 17.7.